The van der Waals surface area contributed by atoms with Crippen molar-refractivity contribution in [2.24, 2.45) is 22.7 Å². The number of hydrogen-bond donors (Lipinski definition) is 2. The quantitative estimate of drug-likeness (QED) is 0.605. The summed E-state index contributed by atoms with van der Waals surface area (Å²) in [5.74, 6) is 1.03. The summed E-state index contributed by atoms with van der Waals surface area (Å²) in [5.41, 5.74) is 0.828. The number of allylic oxidation sites excluding steroid dienone is 1. The van der Waals surface area contributed by atoms with Crippen LogP contribution in [0.1, 0.15) is 40.5 Å². The van der Waals surface area contributed by atoms with Gasteiger partial charge >= 0.3 is 5.63 Å². The normalized spacial score (nSPS) is 33.8. The molecule has 0 radical (unpaired) electrons. The van der Waals surface area contributed by atoms with E-state index in [-0.39, 0.29) is 28.3 Å². The van der Waals surface area contributed by atoms with Crippen LogP contribution < -0.4 is 10.4 Å². The van der Waals surface area contributed by atoms with E-state index in [4.69, 9.17) is 9.15 Å². The summed E-state index contributed by atoms with van der Waals surface area (Å²) in [4.78, 5) is 11.5. The molecule has 29 heavy (non-hydrogen) atoms. The second kappa shape index (κ2) is 6.99. The lowest BCUT2D eigenvalue weighted by Crippen LogP contribution is -2.60. The number of aliphatic hydroxyl groups is 2. The third kappa shape index (κ3) is 3.30. The summed E-state index contributed by atoms with van der Waals surface area (Å²) in [6.07, 6.45) is 2.24. The molecule has 2 aliphatic rings. The van der Waals surface area contributed by atoms with Gasteiger partial charge in [0.05, 0.1) is 18.8 Å². The highest BCUT2D eigenvalue weighted by atomic mass is 16.5. The summed E-state index contributed by atoms with van der Waals surface area (Å²) in [6.45, 7) is 8.93. The van der Waals surface area contributed by atoms with Gasteiger partial charge in [0.15, 0.2) is 0 Å². The lowest BCUT2D eigenvalue weighted by molar-refractivity contribution is -0.176. The molecule has 1 aromatic heterocycles. The lowest BCUT2D eigenvalue weighted by Gasteiger charge is -2.59. The van der Waals surface area contributed by atoms with Gasteiger partial charge in [-0.15, -0.1) is 0 Å². The summed E-state index contributed by atoms with van der Waals surface area (Å²) < 4.78 is 11.4. The Balaban J connectivity index is 1.61. The molecular formula is C24H30O5. The van der Waals surface area contributed by atoms with Gasteiger partial charge < -0.3 is 19.4 Å². The second-order valence-corrected chi connectivity index (χ2v) is 9.60. The van der Waals surface area contributed by atoms with Crippen molar-refractivity contribution in [3.05, 3.63) is 52.4 Å². The fourth-order valence-electron chi connectivity index (χ4n) is 5.81. The van der Waals surface area contributed by atoms with Gasteiger partial charge in [0.2, 0.25) is 0 Å². The van der Waals surface area contributed by atoms with Crippen molar-refractivity contribution in [1.82, 2.24) is 0 Å². The molecular weight excluding hydrogens is 368 g/mol. The van der Waals surface area contributed by atoms with E-state index < -0.39 is 12.2 Å². The third-order valence-corrected chi connectivity index (χ3v) is 7.50. The van der Waals surface area contributed by atoms with Crippen molar-refractivity contribution in [3.63, 3.8) is 0 Å². The molecule has 0 spiro atoms. The molecule has 0 aliphatic heterocycles. The smallest absolute Gasteiger partial charge is 0.336 e. The van der Waals surface area contributed by atoms with Crippen LogP contribution in [-0.2, 0) is 0 Å². The SMILES string of the molecule is CC1=CC[C@@H]2C(C)(C)[C@H](O)[C@@H](O)C[C@]2(C)[C@H]1COc1ccc2ccc(=O)oc2c1. The van der Waals surface area contributed by atoms with Gasteiger partial charge in [0.25, 0.3) is 0 Å². The Morgan fingerprint density at radius 2 is 1.90 bits per heavy atom. The second-order valence-electron chi connectivity index (χ2n) is 9.60. The van der Waals surface area contributed by atoms with Crippen LogP contribution in [0, 0.1) is 22.7 Å². The van der Waals surface area contributed by atoms with Crippen molar-refractivity contribution < 1.29 is 19.4 Å². The number of rotatable bonds is 3. The summed E-state index contributed by atoms with van der Waals surface area (Å²) in [5, 5.41) is 22.1. The van der Waals surface area contributed by atoms with Crippen LogP contribution in [0.2, 0.25) is 0 Å². The standard InChI is InChI=1S/C24H30O5/c1-14-5-9-20-23(2,3)22(27)18(25)12-24(20,4)17(14)13-28-16-8-6-15-7-10-21(26)29-19(15)11-16/h5-8,10-11,17-18,20,22,25,27H,9,12-13H2,1-4H3/t17-,18-,20+,22+,24+/m0/s1. The van der Waals surface area contributed by atoms with Crippen molar-refractivity contribution in [2.45, 2.75) is 52.7 Å². The molecule has 0 unspecified atom stereocenters. The van der Waals surface area contributed by atoms with E-state index in [0.717, 1.165) is 11.8 Å². The van der Waals surface area contributed by atoms with Crippen molar-refractivity contribution in [1.29, 1.82) is 0 Å². The average Bonchev–Trinajstić information content (AvgIpc) is 2.65. The highest BCUT2D eigenvalue weighted by Gasteiger charge is 2.58. The Morgan fingerprint density at radius 3 is 2.66 bits per heavy atom. The average molecular weight is 398 g/mol. The van der Waals surface area contributed by atoms with E-state index in [1.54, 1.807) is 12.1 Å². The van der Waals surface area contributed by atoms with Gasteiger partial charge in [-0.3, -0.25) is 0 Å². The van der Waals surface area contributed by atoms with E-state index >= 15 is 0 Å². The monoisotopic (exact) mass is 398 g/mol. The molecule has 1 aromatic carbocycles. The largest absolute Gasteiger partial charge is 0.493 e. The molecule has 0 amide bonds. The first-order valence-electron chi connectivity index (χ1n) is 10.3. The number of hydrogen-bond acceptors (Lipinski definition) is 5. The first kappa shape index (κ1) is 20.2. The molecule has 2 N–H and O–H groups in total. The number of benzene rings is 1. The first-order chi connectivity index (χ1) is 13.6. The fraction of sp³-hybridized carbons (Fsp3) is 0.542. The Hall–Kier alpha value is -2.11. The predicted molar refractivity (Wildman–Crippen MR) is 112 cm³/mol. The zero-order valence-corrected chi connectivity index (χ0v) is 17.5. The van der Waals surface area contributed by atoms with Crippen LogP contribution in [0.15, 0.2) is 51.2 Å². The molecule has 2 aliphatic carbocycles. The maximum absolute atomic E-state index is 11.5. The molecule has 156 valence electrons. The third-order valence-electron chi connectivity index (χ3n) is 7.50. The summed E-state index contributed by atoms with van der Waals surface area (Å²) >= 11 is 0. The Morgan fingerprint density at radius 1 is 1.17 bits per heavy atom. The minimum Gasteiger partial charge on any atom is -0.493 e. The number of fused-ring (bicyclic) bond motifs is 2. The molecule has 1 saturated carbocycles. The molecule has 4 rings (SSSR count). The predicted octanol–water partition coefficient (Wildman–Crippen LogP) is 3.91. The highest BCUT2D eigenvalue weighted by Crippen LogP contribution is 2.59. The molecule has 5 heteroatoms. The Bertz CT molecular complexity index is 1000. The van der Waals surface area contributed by atoms with E-state index in [1.165, 1.54) is 11.6 Å². The zero-order valence-electron chi connectivity index (χ0n) is 17.5. The van der Waals surface area contributed by atoms with Crippen LogP contribution in [0.3, 0.4) is 0 Å². The summed E-state index contributed by atoms with van der Waals surface area (Å²) in [6, 6.07) is 8.66. The summed E-state index contributed by atoms with van der Waals surface area (Å²) in [7, 11) is 0. The van der Waals surface area contributed by atoms with Crippen LogP contribution in [0.25, 0.3) is 11.0 Å². The van der Waals surface area contributed by atoms with Crippen LogP contribution >= 0.6 is 0 Å². The van der Waals surface area contributed by atoms with Crippen LogP contribution in [0.4, 0.5) is 0 Å². The van der Waals surface area contributed by atoms with Crippen molar-refractivity contribution in [2.75, 3.05) is 6.61 Å². The fourth-order valence-corrected chi connectivity index (χ4v) is 5.81. The molecule has 1 heterocycles. The lowest BCUT2D eigenvalue weighted by atomic mass is 9.47. The van der Waals surface area contributed by atoms with Gasteiger partial charge in [-0.1, -0.05) is 32.4 Å². The number of ether oxygens (including phenoxy) is 1. The van der Waals surface area contributed by atoms with Gasteiger partial charge in [-0.2, -0.15) is 0 Å². The van der Waals surface area contributed by atoms with Gasteiger partial charge in [0.1, 0.15) is 11.3 Å². The van der Waals surface area contributed by atoms with Gasteiger partial charge in [0, 0.05) is 23.4 Å². The molecule has 5 nitrogen and oxygen atoms in total. The maximum atomic E-state index is 11.5. The molecule has 5 atom stereocenters. The highest BCUT2D eigenvalue weighted by molar-refractivity contribution is 5.77. The van der Waals surface area contributed by atoms with E-state index in [2.05, 4.69) is 33.8 Å². The van der Waals surface area contributed by atoms with E-state index in [1.807, 2.05) is 12.1 Å². The van der Waals surface area contributed by atoms with Gasteiger partial charge in [-0.25, -0.2) is 4.79 Å². The maximum Gasteiger partial charge on any atom is 0.336 e. The molecule has 2 aromatic rings. The zero-order chi connectivity index (χ0) is 21.0. The Labute approximate surface area is 171 Å². The first-order valence-corrected chi connectivity index (χ1v) is 10.3. The minimum absolute atomic E-state index is 0.126. The Kier molecular flexibility index (Phi) is 4.87. The molecule has 0 saturated heterocycles. The van der Waals surface area contributed by atoms with Crippen LogP contribution in [-0.4, -0.2) is 29.0 Å². The van der Waals surface area contributed by atoms with E-state index in [9.17, 15) is 15.0 Å². The topological polar surface area (TPSA) is 79.9 Å². The van der Waals surface area contributed by atoms with Crippen LogP contribution in [0.5, 0.6) is 5.75 Å². The van der Waals surface area contributed by atoms with E-state index in [0.29, 0.717) is 24.4 Å². The minimum atomic E-state index is -0.741. The van der Waals surface area contributed by atoms with Gasteiger partial charge in [-0.05, 0) is 54.7 Å². The van der Waals surface area contributed by atoms with Crippen molar-refractivity contribution >= 4 is 11.0 Å². The van der Waals surface area contributed by atoms with Crippen molar-refractivity contribution in [3.8, 4) is 5.75 Å². The number of aliphatic hydroxyl groups excluding tert-OH is 2. The molecule has 1 fully saturated rings. The molecule has 0 bridgehead atoms.